The van der Waals surface area contributed by atoms with Gasteiger partial charge in [0.25, 0.3) is 0 Å². The molecule has 2 aromatic rings. The molecule has 2 fully saturated rings. The van der Waals surface area contributed by atoms with Gasteiger partial charge in [0.05, 0.1) is 6.54 Å². The standard InChI is InChI=1S/C28H32Cl2N4O4/c29-19-5-3-4-18(14-19)16-28(23-9-8-20(30)15-24(23)32-26(28)36)34(21-6-1-2-7-21)17-25(35)33-12-10-22(11-13-33)38-27(31)37/h3-5,8-9,14-15,21-22H,1-2,6-7,10-13,16-17H2,(H2,31,37)(H,32,36). The van der Waals surface area contributed by atoms with Gasteiger partial charge in [0, 0.05) is 59.7 Å². The van der Waals surface area contributed by atoms with E-state index in [-0.39, 0.29) is 30.5 Å². The van der Waals surface area contributed by atoms with E-state index < -0.39 is 11.6 Å². The van der Waals surface area contributed by atoms with Gasteiger partial charge in [-0.2, -0.15) is 0 Å². The maximum absolute atomic E-state index is 14.0. The minimum absolute atomic E-state index is 0.0462. The second-order valence-corrected chi connectivity index (χ2v) is 11.3. The SMILES string of the molecule is NC(=O)OC1CCN(C(=O)CN(C2CCCC2)C2(Cc3cccc(Cl)c3)C(=O)Nc3cc(Cl)ccc32)CC1. The number of nitrogens with one attached hydrogen (secondary N) is 1. The summed E-state index contributed by atoms with van der Waals surface area (Å²) in [4.78, 5) is 42.9. The van der Waals surface area contributed by atoms with Crippen LogP contribution >= 0.6 is 23.2 Å². The highest BCUT2D eigenvalue weighted by molar-refractivity contribution is 6.31. The van der Waals surface area contributed by atoms with Crippen LogP contribution in [0.4, 0.5) is 10.5 Å². The number of nitrogens with zero attached hydrogens (tertiary/aromatic N) is 2. The summed E-state index contributed by atoms with van der Waals surface area (Å²) < 4.78 is 5.13. The van der Waals surface area contributed by atoms with Crippen molar-refractivity contribution < 1.29 is 19.1 Å². The summed E-state index contributed by atoms with van der Waals surface area (Å²) in [5, 5.41) is 4.19. The lowest BCUT2D eigenvalue weighted by Crippen LogP contribution is -2.59. The zero-order valence-electron chi connectivity index (χ0n) is 21.1. The van der Waals surface area contributed by atoms with Crippen molar-refractivity contribution in [1.82, 2.24) is 9.80 Å². The monoisotopic (exact) mass is 558 g/mol. The zero-order valence-corrected chi connectivity index (χ0v) is 22.6. The van der Waals surface area contributed by atoms with Crippen molar-refractivity contribution in [1.29, 1.82) is 0 Å². The maximum Gasteiger partial charge on any atom is 0.404 e. The normalized spacial score (nSPS) is 22.0. The van der Waals surface area contributed by atoms with Crippen molar-refractivity contribution in [3.8, 4) is 0 Å². The Bertz CT molecular complexity index is 1230. The number of amides is 3. The van der Waals surface area contributed by atoms with E-state index >= 15 is 0 Å². The van der Waals surface area contributed by atoms with Gasteiger partial charge in [-0.15, -0.1) is 0 Å². The van der Waals surface area contributed by atoms with E-state index in [0.717, 1.165) is 36.8 Å². The molecule has 1 saturated carbocycles. The Labute approximate surface area is 232 Å². The molecule has 1 aliphatic carbocycles. The van der Waals surface area contributed by atoms with E-state index in [9.17, 15) is 14.4 Å². The second kappa shape index (κ2) is 11.1. The Hall–Kier alpha value is -2.81. The van der Waals surface area contributed by atoms with Crippen LogP contribution in [-0.4, -0.2) is 59.5 Å². The molecule has 0 radical (unpaired) electrons. The molecule has 1 unspecified atom stereocenters. The van der Waals surface area contributed by atoms with Gasteiger partial charge in [0.15, 0.2) is 0 Å². The van der Waals surface area contributed by atoms with Gasteiger partial charge in [0.2, 0.25) is 11.8 Å². The van der Waals surface area contributed by atoms with Gasteiger partial charge in [-0.25, -0.2) is 4.79 Å². The lowest BCUT2D eigenvalue weighted by atomic mass is 9.81. The van der Waals surface area contributed by atoms with Gasteiger partial charge in [-0.3, -0.25) is 14.5 Å². The van der Waals surface area contributed by atoms with Crippen LogP contribution in [0.15, 0.2) is 42.5 Å². The number of fused-ring (bicyclic) bond motifs is 1. The van der Waals surface area contributed by atoms with E-state index in [0.29, 0.717) is 48.1 Å². The molecule has 1 saturated heterocycles. The fourth-order valence-electron chi connectivity index (χ4n) is 6.26. The molecule has 2 aromatic carbocycles. The van der Waals surface area contributed by atoms with Crippen LogP contribution in [0.5, 0.6) is 0 Å². The number of piperidine rings is 1. The van der Waals surface area contributed by atoms with Crippen LogP contribution < -0.4 is 11.1 Å². The second-order valence-electron chi connectivity index (χ2n) is 10.4. The lowest BCUT2D eigenvalue weighted by Gasteiger charge is -2.44. The fraction of sp³-hybridized carbons (Fsp3) is 0.464. The molecule has 0 bridgehead atoms. The summed E-state index contributed by atoms with van der Waals surface area (Å²) in [6.45, 7) is 1.03. The molecule has 1 atom stereocenters. The predicted octanol–water partition coefficient (Wildman–Crippen LogP) is 4.71. The fourth-order valence-corrected chi connectivity index (χ4v) is 6.64. The highest BCUT2D eigenvalue weighted by Crippen LogP contribution is 2.47. The van der Waals surface area contributed by atoms with Crippen molar-refractivity contribution in [2.75, 3.05) is 25.0 Å². The summed E-state index contributed by atoms with van der Waals surface area (Å²) in [5.74, 6) is -0.210. The lowest BCUT2D eigenvalue weighted by molar-refractivity contribution is -0.141. The summed E-state index contributed by atoms with van der Waals surface area (Å²) in [6, 6.07) is 13.1. The molecule has 0 spiro atoms. The van der Waals surface area contributed by atoms with Gasteiger partial charge in [-0.05, 0) is 42.7 Å². The van der Waals surface area contributed by atoms with Crippen LogP contribution in [0, 0.1) is 0 Å². The molecule has 5 rings (SSSR count). The Morgan fingerprint density at radius 3 is 2.45 bits per heavy atom. The molecule has 2 aliphatic heterocycles. The first kappa shape index (κ1) is 26.8. The van der Waals surface area contributed by atoms with Crippen LogP contribution in [-0.2, 0) is 26.3 Å². The largest absolute Gasteiger partial charge is 0.446 e. The van der Waals surface area contributed by atoms with E-state index in [2.05, 4.69) is 10.2 Å². The van der Waals surface area contributed by atoms with Gasteiger partial charge < -0.3 is 20.7 Å². The van der Waals surface area contributed by atoms with E-state index in [1.54, 1.807) is 17.0 Å². The summed E-state index contributed by atoms with van der Waals surface area (Å²) >= 11 is 12.6. The zero-order chi connectivity index (χ0) is 26.9. The minimum atomic E-state index is -1.09. The number of nitrogens with two attached hydrogens (primary N) is 1. The highest BCUT2D eigenvalue weighted by atomic mass is 35.5. The molecule has 8 nitrogen and oxygen atoms in total. The highest BCUT2D eigenvalue weighted by Gasteiger charge is 2.54. The van der Waals surface area contributed by atoms with E-state index in [1.165, 1.54) is 0 Å². The summed E-state index contributed by atoms with van der Waals surface area (Å²) in [7, 11) is 0. The number of anilines is 1. The number of rotatable bonds is 7. The average Bonchev–Trinajstić information content (AvgIpc) is 3.49. The summed E-state index contributed by atoms with van der Waals surface area (Å²) in [5.41, 5.74) is 6.48. The molecule has 2 heterocycles. The molecule has 3 amide bonds. The van der Waals surface area contributed by atoms with Gasteiger partial charge in [0.1, 0.15) is 11.6 Å². The van der Waals surface area contributed by atoms with Gasteiger partial charge in [-0.1, -0.05) is 54.2 Å². The first-order valence-corrected chi connectivity index (χ1v) is 13.9. The first-order valence-electron chi connectivity index (χ1n) is 13.1. The molecular formula is C28H32Cl2N4O4. The Kier molecular flexibility index (Phi) is 7.84. The molecule has 3 N–H and O–H groups in total. The minimum Gasteiger partial charge on any atom is -0.446 e. The van der Waals surface area contributed by atoms with Crippen LogP contribution in [0.3, 0.4) is 0 Å². The molecular weight excluding hydrogens is 527 g/mol. The Balaban J connectivity index is 1.50. The van der Waals surface area contributed by atoms with Crippen molar-refractivity contribution in [2.24, 2.45) is 5.73 Å². The number of halogens is 2. The number of carbonyl (C=O) groups is 3. The van der Waals surface area contributed by atoms with E-state index in [4.69, 9.17) is 33.7 Å². The molecule has 10 heteroatoms. The Morgan fingerprint density at radius 1 is 1.05 bits per heavy atom. The topological polar surface area (TPSA) is 105 Å². The van der Waals surface area contributed by atoms with Crippen molar-refractivity contribution >= 4 is 46.8 Å². The smallest absolute Gasteiger partial charge is 0.404 e. The molecule has 38 heavy (non-hydrogen) atoms. The third-order valence-electron chi connectivity index (χ3n) is 8.04. The number of primary amides is 1. The maximum atomic E-state index is 14.0. The number of hydrogen-bond acceptors (Lipinski definition) is 5. The number of benzene rings is 2. The first-order chi connectivity index (χ1) is 18.3. The number of ether oxygens (including phenoxy) is 1. The van der Waals surface area contributed by atoms with Crippen molar-refractivity contribution in [3.05, 3.63) is 63.6 Å². The third kappa shape index (κ3) is 5.35. The number of hydrogen-bond donors (Lipinski definition) is 2. The van der Waals surface area contributed by atoms with Crippen LogP contribution in [0.2, 0.25) is 10.0 Å². The molecule has 202 valence electrons. The molecule has 3 aliphatic rings. The van der Waals surface area contributed by atoms with Gasteiger partial charge >= 0.3 is 6.09 Å². The van der Waals surface area contributed by atoms with Crippen molar-refractivity contribution in [3.63, 3.8) is 0 Å². The predicted molar refractivity (Wildman–Crippen MR) is 146 cm³/mol. The van der Waals surface area contributed by atoms with Crippen LogP contribution in [0.1, 0.15) is 49.7 Å². The Morgan fingerprint density at radius 2 is 1.76 bits per heavy atom. The third-order valence-corrected chi connectivity index (χ3v) is 8.51. The van der Waals surface area contributed by atoms with E-state index in [1.807, 2.05) is 30.3 Å². The number of carbonyl (C=O) groups excluding carboxylic acids is 3. The molecule has 0 aromatic heterocycles. The van der Waals surface area contributed by atoms with Crippen molar-refractivity contribution in [2.45, 2.75) is 62.6 Å². The van der Waals surface area contributed by atoms with Crippen LogP contribution in [0.25, 0.3) is 0 Å². The quantitative estimate of drug-likeness (QED) is 0.511. The number of likely N-dealkylation sites (tertiary alicyclic amines) is 1. The average molecular weight is 559 g/mol. The summed E-state index contributed by atoms with van der Waals surface area (Å²) in [6.07, 6.45) is 4.28.